The molecular formula is C22H22N2O3S. The monoisotopic (exact) mass is 394 g/mol. The van der Waals surface area contributed by atoms with E-state index in [0.29, 0.717) is 22.5 Å². The van der Waals surface area contributed by atoms with Crippen molar-refractivity contribution in [1.82, 2.24) is 0 Å². The number of nitrogens with one attached hydrogen (secondary N) is 2. The Bertz CT molecular complexity index is 1080. The van der Waals surface area contributed by atoms with Crippen molar-refractivity contribution in [2.24, 2.45) is 0 Å². The van der Waals surface area contributed by atoms with Crippen LogP contribution in [0, 0.1) is 6.92 Å². The first-order chi connectivity index (χ1) is 13.4. The summed E-state index contributed by atoms with van der Waals surface area (Å²) in [6, 6.07) is 20.7. The van der Waals surface area contributed by atoms with Crippen LogP contribution < -0.4 is 10.0 Å². The Labute approximate surface area is 165 Å². The SMILES string of the molecule is CCc1ccc(NC(=O)c2cccc(NS(=O)(=O)c3ccccc3)c2C)cc1. The minimum atomic E-state index is -3.73. The summed E-state index contributed by atoms with van der Waals surface area (Å²) in [6.07, 6.45) is 0.928. The Hall–Kier alpha value is -3.12. The molecule has 0 radical (unpaired) electrons. The molecule has 1 amide bonds. The second-order valence-corrected chi connectivity index (χ2v) is 8.08. The number of hydrogen-bond acceptors (Lipinski definition) is 3. The predicted octanol–water partition coefficient (Wildman–Crippen LogP) is 4.61. The van der Waals surface area contributed by atoms with E-state index in [4.69, 9.17) is 0 Å². The van der Waals surface area contributed by atoms with Gasteiger partial charge in [-0.25, -0.2) is 8.42 Å². The van der Waals surface area contributed by atoms with Crippen LogP contribution in [-0.4, -0.2) is 14.3 Å². The molecule has 28 heavy (non-hydrogen) atoms. The third-order valence-electron chi connectivity index (χ3n) is 4.50. The molecule has 2 N–H and O–H groups in total. The lowest BCUT2D eigenvalue weighted by Crippen LogP contribution is -2.17. The molecule has 0 aliphatic rings. The lowest BCUT2D eigenvalue weighted by atomic mass is 10.1. The van der Waals surface area contributed by atoms with Gasteiger partial charge >= 0.3 is 0 Å². The van der Waals surface area contributed by atoms with Gasteiger partial charge in [0.05, 0.1) is 10.6 Å². The first-order valence-corrected chi connectivity index (χ1v) is 10.5. The molecule has 5 nitrogen and oxygen atoms in total. The van der Waals surface area contributed by atoms with Gasteiger partial charge in [-0.2, -0.15) is 0 Å². The molecule has 0 spiro atoms. The topological polar surface area (TPSA) is 75.3 Å². The summed E-state index contributed by atoms with van der Waals surface area (Å²) in [4.78, 5) is 12.9. The van der Waals surface area contributed by atoms with Gasteiger partial charge in [-0.1, -0.05) is 43.3 Å². The van der Waals surface area contributed by atoms with Gasteiger partial charge in [0, 0.05) is 11.3 Å². The Morgan fingerprint density at radius 3 is 2.21 bits per heavy atom. The number of anilines is 2. The maximum atomic E-state index is 12.7. The number of hydrogen-bond donors (Lipinski definition) is 2. The highest BCUT2D eigenvalue weighted by Crippen LogP contribution is 2.23. The van der Waals surface area contributed by atoms with Crippen molar-refractivity contribution in [1.29, 1.82) is 0 Å². The third kappa shape index (κ3) is 4.40. The Morgan fingerprint density at radius 2 is 1.57 bits per heavy atom. The first kappa shape index (κ1) is 19.6. The van der Waals surface area contributed by atoms with E-state index >= 15 is 0 Å². The number of aryl methyl sites for hydroxylation is 1. The van der Waals surface area contributed by atoms with Crippen molar-refractivity contribution in [3.05, 3.63) is 89.5 Å². The van der Waals surface area contributed by atoms with Crippen molar-refractivity contribution < 1.29 is 13.2 Å². The summed E-state index contributed by atoms with van der Waals surface area (Å²) < 4.78 is 27.7. The standard InChI is InChI=1S/C22H22N2O3S/c1-3-17-12-14-18(15-13-17)23-22(25)20-10-7-11-21(16(20)2)24-28(26,27)19-8-5-4-6-9-19/h4-15,24H,3H2,1-2H3,(H,23,25). The Kier molecular flexibility index (Phi) is 5.80. The highest BCUT2D eigenvalue weighted by atomic mass is 32.2. The second kappa shape index (κ2) is 8.27. The van der Waals surface area contributed by atoms with E-state index in [2.05, 4.69) is 17.0 Å². The highest BCUT2D eigenvalue weighted by Gasteiger charge is 2.18. The molecule has 0 aromatic heterocycles. The van der Waals surface area contributed by atoms with E-state index in [-0.39, 0.29) is 10.8 Å². The van der Waals surface area contributed by atoms with Crippen LogP contribution in [0.4, 0.5) is 11.4 Å². The summed E-state index contributed by atoms with van der Waals surface area (Å²) in [5, 5.41) is 2.86. The van der Waals surface area contributed by atoms with E-state index in [1.807, 2.05) is 24.3 Å². The van der Waals surface area contributed by atoms with Gasteiger partial charge in [-0.15, -0.1) is 0 Å². The third-order valence-corrected chi connectivity index (χ3v) is 5.88. The van der Waals surface area contributed by atoms with Gasteiger partial charge in [-0.05, 0) is 60.9 Å². The summed E-state index contributed by atoms with van der Waals surface area (Å²) in [7, 11) is -3.73. The molecule has 0 unspecified atom stereocenters. The molecule has 144 valence electrons. The zero-order valence-electron chi connectivity index (χ0n) is 15.8. The molecule has 0 aliphatic carbocycles. The fraction of sp³-hybridized carbons (Fsp3) is 0.136. The number of amides is 1. The van der Waals surface area contributed by atoms with Gasteiger partial charge in [0.15, 0.2) is 0 Å². The fourth-order valence-corrected chi connectivity index (χ4v) is 3.96. The van der Waals surface area contributed by atoms with Crippen LogP contribution in [0.1, 0.15) is 28.4 Å². The largest absolute Gasteiger partial charge is 0.322 e. The van der Waals surface area contributed by atoms with Crippen molar-refractivity contribution in [3.63, 3.8) is 0 Å². The maximum Gasteiger partial charge on any atom is 0.261 e. The maximum absolute atomic E-state index is 12.7. The summed E-state index contributed by atoms with van der Waals surface area (Å²) in [5.41, 5.74) is 3.22. The minimum absolute atomic E-state index is 0.167. The van der Waals surface area contributed by atoms with Crippen LogP contribution in [-0.2, 0) is 16.4 Å². The van der Waals surface area contributed by atoms with E-state index in [1.165, 1.54) is 17.7 Å². The van der Waals surface area contributed by atoms with Crippen LogP contribution in [0.15, 0.2) is 77.7 Å². The molecule has 6 heteroatoms. The lowest BCUT2D eigenvalue weighted by molar-refractivity contribution is 0.102. The minimum Gasteiger partial charge on any atom is -0.322 e. The van der Waals surface area contributed by atoms with Crippen molar-refractivity contribution >= 4 is 27.3 Å². The Morgan fingerprint density at radius 1 is 0.893 bits per heavy atom. The molecule has 3 aromatic rings. The molecule has 0 heterocycles. The molecule has 3 aromatic carbocycles. The van der Waals surface area contributed by atoms with Crippen LogP contribution in [0.2, 0.25) is 0 Å². The van der Waals surface area contributed by atoms with Gasteiger partial charge in [-0.3, -0.25) is 9.52 Å². The first-order valence-electron chi connectivity index (χ1n) is 8.98. The van der Waals surface area contributed by atoms with Gasteiger partial charge in [0.25, 0.3) is 15.9 Å². The number of sulfonamides is 1. The normalized spacial score (nSPS) is 11.1. The van der Waals surface area contributed by atoms with Gasteiger partial charge in [0.1, 0.15) is 0 Å². The summed E-state index contributed by atoms with van der Waals surface area (Å²) in [5.74, 6) is -0.289. The summed E-state index contributed by atoms with van der Waals surface area (Å²) >= 11 is 0. The van der Waals surface area contributed by atoms with Gasteiger partial charge in [0.2, 0.25) is 0 Å². The van der Waals surface area contributed by atoms with Crippen molar-refractivity contribution in [2.75, 3.05) is 10.0 Å². The van der Waals surface area contributed by atoms with Crippen LogP contribution in [0.25, 0.3) is 0 Å². The smallest absolute Gasteiger partial charge is 0.261 e. The molecule has 0 saturated heterocycles. The average molecular weight is 394 g/mol. The molecule has 0 saturated carbocycles. The van der Waals surface area contributed by atoms with E-state index < -0.39 is 10.0 Å². The molecule has 0 atom stereocenters. The molecule has 0 bridgehead atoms. The zero-order valence-corrected chi connectivity index (χ0v) is 16.6. The fourth-order valence-electron chi connectivity index (χ4n) is 2.82. The molecule has 3 rings (SSSR count). The second-order valence-electron chi connectivity index (χ2n) is 6.40. The summed E-state index contributed by atoms with van der Waals surface area (Å²) in [6.45, 7) is 3.79. The molecule has 0 aliphatic heterocycles. The molecule has 0 fully saturated rings. The van der Waals surface area contributed by atoms with Crippen LogP contribution >= 0.6 is 0 Å². The number of rotatable bonds is 6. The highest BCUT2D eigenvalue weighted by molar-refractivity contribution is 7.92. The Balaban J connectivity index is 1.83. The number of carbonyl (C=O) groups excluding carboxylic acids is 1. The van der Waals surface area contributed by atoms with E-state index in [9.17, 15) is 13.2 Å². The van der Waals surface area contributed by atoms with Crippen LogP contribution in [0.5, 0.6) is 0 Å². The van der Waals surface area contributed by atoms with E-state index in [1.54, 1.807) is 43.3 Å². The number of carbonyl (C=O) groups is 1. The average Bonchev–Trinajstić information content (AvgIpc) is 2.70. The van der Waals surface area contributed by atoms with E-state index in [0.717, 1.165) is 6.42 Å². The number of benzene rings is 3. The quantitative estimate of drug-likeness (QED) is 0.641. The van der Waals surface area contributed by atoms with Crippen molar-refractivity contribution in [2.45, 2.75) is 25.2 Å². The lowest BCUT2D eigenvalue weighted by Gasteiger charge is -2.14. The zero-order chi connectivity index (χ0) is 20.1. The van der Waals surface area contributed by atoms with Crippen LogP contribution in [0.3, 0.4) is 0 Å². The predicted molar refractivity (Wildman–Crippen MR) is 112 cm³/mol. The van der Waals surface area contributed by atoms with Gasteiger partial charge < -0.3 is 5.32 Å². The van der Waals surface area contributed by atoms with Crippen molar-refractivity contribution in [3.8, 4) is 0 Å². The molecular weight excluding hydrogens is 372 g/mol.